The third-order valence-electron chi connectivity index (χ3n) is 4.33. The van der Waals surface area contributed by atoms with Gasteiger partial charge in [0.15, 0.2) is 0 Å². The van der Waals surface area contributed by atoms with Gasteiger partial charge in [-0.25, -0.2) is 0 Å². The Kier molecular flexibility index (Phi) is 5.89. The molecule has 1 N–H and O–H groups in total. The lowest BCUT2D eigenvalue weighted by atomic mass is 10.1. The summed E-state index contributed by atoms with van der Waals surface area (Å²) in [6.07, 6.45) is 1.40. The minimum absolute atomic E-state index is 0.0657. The van der Waals surface area contributed by atoms with Crippen molar-refractivity contribution in [2.75, 3.05) is 5.32 Å². The summed E-state index contributed by atoms with van der Waals surface area (Å²) < 4.78 is 5.73. The summed E-state index contributed by atoms with van der Waals surface area (Å²) in [4.78, 5) is 12.5. The maximum atomic E-state index is 12.5. The van der Waals surface area contributed by atoms with Gasteiger partial charge in [0.1, 0.15) is 23.2 Å². The van der Waals surface area contributed by atoms with E-state index in [0.29, 0.717) is 32.8 Å². The Morgan fingerprint density at radius 3 is 2.64 bits per heavy atom. The molecule has 28 heavy (non-hydrogen) atoms. The number of furan rings is 1. The second-order valence-electron chi connectivity index (χ2n) is 6.20. The van der Waals surface area contributed by atoms with Gasteiger partial charge < -0.3 is 9.73 Å². The van der Waals surface area contributed by atoms with Crippen LogP contribution >= 0.6 is 23.2 Å². The summed E-state index contributed by atoms with van der Waals surface area (Å²) in [5, 5.41) is 13.1. The Hall–Kier alpha value is -3.00. The van der Waals surface area contributed by atoms with Gasteiger partial charge in [0.25, 0.3) is 5.91 Å². The zero-order valence-electron chi connectivity index (χ0n) is 15.2. The Labute approximate surface area is 173 Å². The molecule has 2 aromatic carbocycles. The average Bonchev–Trinajstić information content (AvgIpc) is 3.11. The number of rotatable bonds is 4. The van der Waals surface area contributed by atoms with E-state index >= 15 is 0 Å². The number of amides is 1. The molecule has 0 unspecified atom stereocenters. The van der Waals surface area contributed by atoms with Crippen LogP contribution < -0.4 is 5.32 Å². The summed E-state index contributed by atoms with van der Waals surface area (Å²) in [6, 6.07) is 16.0. The van der Waals surface area contributed by atoms with E-state index in [1.165, 1.54) is 6.08 Å². The van der Waals surface area contributed by atoms with Crippen LogP contribution in [0.4, 0.5) is 5.69 Å². The molecule has 0 spiro atoms. The molecule has 0 aliphatic carbocycles. The molecule has 0 aliphatic rings. The predicted octanol–water partition coefficient (Wildman–Crippen LogP) is 6.42. The van der Waals surface area contributed by atoms with Crippen molar-refractivity contribution in [2.45, 2.75) is 13.8 Å². The number of nitrogens with one attached hydrogen (secondary N) is 1. The van der Waals surface area contributed by atoms with Gasteiger partial charge in [0.2, 0.25) is 0 Å². The highest BCUT2D eigenvalue weighted by Crippen LogP contribution is 2.32. The van der Waals surface area contributed by atoms with E-state index in [0.717, 1.165) is 11.1 Å². The molecule has 0 saturated carbocycles. The van der Waals surface area contributed by atoms with Crippen molar-refractivity contribution in [3.63, 3.8) is 0 Å². The van der Waals surface area contributed by atoms with Crippen molar-refractivity contribution in [3.05, 3.63) is 81.0 Å². The maximum absolute atomic E-state index is 12.5. The molecule has 0 saturated heterocycles. The van der Waals surface area contributed by atoms with E-state index < -0.39 is 5.91 Å². The number of anilines is 1. The van der Waals surface area contributed by atoms with Crippen molar-refractivity contribution in [1.29, 1.82) is 5.26 Å². The summed E-state index contributed by atoms with van der Waals surface area (Å²) >= 11 is 12.1. The number of carbonyl (C=O) groups excluding carboxylic acids is 1. The Morgan fingerprint density at radius 2 is 1.93 bits per heavy atom. The van der Waals surface area contributed by atoms with Gasteiger partial charge in [0, 0.05) is 22.3 Å². The largest absolute Gasteiger partial charge is 0.457 e. The number of nitrogens with zero attached hydrogens (tertiary/aromatic N) is 1. The highest BCUT2D eigenvalue weighted by atomic mass is 35.5. The monoisotopic (exact) mass is 410 g/mol. The molecule has 3 aromatic rings. The predicted molar refractivity (Wildman–Crippen MR) is 112 cm³/mol. The minimum atomic E-state index is -0.501. The molecule has 1 heterocycles. The fourth-order valence-corrected chi connectivity index (χ4v) is 3.13. The van der Waals surface area contributed by atoms with Crippen LogP contribution in [0.3, 0.4) is 0 Å². The number of aryl methyl sites for hydroxylation is 1. The lowest BCUT2D eigenvalue weighted by Crippen LogP contribution is -2.14. The quantitative estimate of drug-likeness (QED) is 0.398. The number of nitriles is 1. The molecule has 0 bridgehead atoms. The Balaban J connectivity index is 1.85. The fraction of sp³-hybridized carbons (Fsp3) is 0.0909. The van der Waals surface area contributed by atoms with Crippen molar-refractivity contribution < 1.29 is 9.21 Å². The normalized spacial score (nSPS) is 11.2. The third kappa shape index (κ3) is 4.28. The van der Waals surface area contributed by atoms with Crippen LogP contribution in [0, 0.1) is 25.2 Å². The zero-order valence-corrected chi connectivity index (χ0v) is 16.7. The van der Waals surface area contributed by atoms with Gasteiger partial charge in [-0.1, -0.05) is 35.3 Å². The van der Waals surface area contributed by atoms with E-state index in [4.69, 9.17) is 27.6 Å². The zero-order chi connectivity index (χ0) is 20.3. The van der Waals surface area contributed by atoms with Crippen LogP contribution in [-0.4, -0.2) is 5.91 Å². The van der Waals surface area contributed by atoms with Crippen LogP contribution in [0.2, 0.25) is 10.0 Å². The minimum Gasteiger partial charge on any atom is -0.457 e. The molecule has 0 aliphatic heterocycles. The first kappa shape index (κ1) is 19.8. The summed E-state index contributed by atoms with van der Waals surface area (Å²) in [5.74, 6) is 0.382. The van der Waals surface area contributed by atoms with E-state index in [2.05, 4.69) is 5.32 Å². The Bertz CT molecular complexity index is 1120. The lowest BCUT2D eigenvalue weighted by molar-refractivity contribution is -0.112. The molecule has 1 amide bonds. The number of halogens is 2. The van der Waals surface area contributed by atoms with Crippen LogP contribution in [0.15, 0.2) is 58.5 Å². The van der Waals surface area contributed by atoms with Gasteiger partial charge in [-0.2, -0.15) is 5.26 Å². The number of benzene rings is 2. The molecular formula is C22H16Cl2N2O2. The highest BCUT2D eigenvalue weighted by Gasteiger charge is 2.14. The summed E-state index contributed by atoms with van der Waals surface area (Å²) in [7, 11) is 0. The third-order valence-corrected chi connectivity index (χ3v) is 4.88. The second-order valence-corrected chi connectivity index (χ2v) is 7.04. The van der Waals surface area contributed by atoms with Crippen LogP contribution in [-0.2, 0) is 4.79 Å². The number of hydrogen-bond donors (Lipinski definition) is 1. The summed E-state index contributed by atoms with van der Waals surface area (Å²) in [6.45, 7) is 3.87. The van der Waals surface area contributed by atoms with Crippen LogP contribution in [0.25, 0.3) is 17.4 Å². The molecule has 4 nitrogen and oxygen atoms in total. The van der Waals surface area contributed by atoms with E-state index in [-0.39, 0.29) is 5.57 Å². The molecule has 1 aromatic heterocycles. The fourth-order valence-electron chi connectivity index (χ4n) is 2.63. The summed E-state index contributed by atoms with van der Waals surface area (Å²) in [5.41, 5.74) is 3.27. The first-order valence-electron chi connectivity index (χ1n) is 8.43. The van der Waals surface area contributed by atoms with Gasteiger partial charge in [-0.05, 0) is 61.4 Å². The first-order chi connectivity index (χ1) is 13.4. The number of carbonyl (C=O) groups is 1. The maximum Gasteiger partial charge on any atom is 0.266 e. The first-order valence-corrected chi connectivity index (χ1v) is 9.19. The van der Waals surface area contributed by atoms with Gasteiger partial charge >= 0.3 is 0 Å². The van der Waals surface area contributed by atoms with Crippen LogP contribution in [0.1, 0.15) is 16.9 Å². The molecular weight excluding hydrogens is 395 g/mol. The molecule has 0 atom stereocenters. The van der Waals surface area contributed by atoms with Crippen molar-refractivity contribution in [1.82, 2.24) is 0 Å². The Morgan fingerprint density at radius 1 is 1.14 bits per heavy atom. The van der Waals surface area contributed by atoms with Crippen molar-refractivity contribution in [3.8, 4) is 17.4 Å². The second kappa shape index (κ2) is 8.35. The van der Waals surface area contributed by atoms with Gasteiger partial charge in [0.05, 0.1) is 5.02 Å². The SMILES string of the molecule is Cc1cccc(NC(=O)/C(C#N)=C/c2ccc(-c3ccc(Cl)cc3Cl)o2)c1C. The topological polar surface area (TPSA) is 66.0 Å². The van der Waals surface area contributed by atoms with E-state index in [9.17, 15) is 10.1 Å². The molecule has 0 fully saturated rings. The lowest BCUT2D eigenvalue weighted by Gasteiger charge is -2.09. The molecule has 140 valence electrons. The van der Waals surface area contributed by atoms with Crippen molar-refractivity contribution in [2.24, 2.45) is 0 Å². The van der Waals surface area contributed by atoms with E-state index in [1.807, 2.05) is 32.0 Å². The van der Waals surface area contributed by atoms with Crippen molar-refractivity contribution >= 4 is 40.9 Å². The molecule has 6 heteroatoms. The van der Waals surface area contributed by atoms with E-state index in [1.54, 1.807) is 36.4 Å². The highest BCUT2D eigenvalue weighted by molar-refractivity contribution is 6.36. The average molecular weight is 411 g/mol. The molecule has 0 radical (unpaired) electrons. The molecule has 3 rings (SSSR count). The van der Waals surface area contributed by atoms with Gasteiger partial charge in [-0.15, -0.1) is 0 Å². The van der Waals surface area contributed by atoms with Crippen LogP contribution in [0.5, 0.6) is 0 Å². The van der Waals surface area contributed by atoms with Gasteiger partial charge in [-0.3, -0.25) is 4.79 Å². The smallest absolute Gasteiger partial charge is 0.266 e. The standard InChI is InChI=1S/C22H16Cl2N2O2/c1-13-4-3-5-20(14(13)2)26-22(27)15(12-25)10-17-7-9-21(28-17)18-8-6-16(23)11-19(18)24/h3-11H,1-2H3,(H,26,27)/b15-10+. The number of hydrogen-bond acceptors (Lipinski definition) is 3.